The van der Waals surface area contributed by atoms with E-state index in [2.05, 4.69) is 0 Å². The van der Waals surface area contributed by atoms with Crippen molar-refractivity contribution in [1.82, 2.24) is 0 Å². The molecule has 0 unspecified atom stereocenters. The number of hydrogen-bond acceptors (Lipinski definition) is 7. The molecule has 5 aliphatic rings. The van der Waals surface area contributed by atoms with Gasteiger partial charge in [-0.25, -0.2) is 0 Å². The van der Waals surface area contributed by atoms with Crippen LogP contribution in [-0.4, -0.2) is 62.2 Å². The van der Waals surface area contributed by atoms with Gasteiger partial charge >= 0.3 is 5.97 Å². The number of aliphatic hydroxyl groups excluding tert-OH is 1. The summed E-state index contributed by atoms with van der Waals surface area (Å²) in [5, 5.41) is 43.9. The fourth-order valence-corrected chi connectivity index (χ4v) is 5.56. The van der Waals surface area contributed by atoms with Crippen molar-refractivity contribution >= 4 is 5.78 Å². The number of fused-ring (bicyclic) bond motifs is 1. The lowest BCUT2D eigenvalue weighted by molar-refractivity contribution is -0.456. The van der Waals surface area contributed by atoms with Crippen LogP contribution >= 0.6 is 0 Å². The number of aliphatic hydroxyl groups is 4. The molecule has 4 bridgehead atoms. The molecule has 7 heteroatoms. The van der Waals surface area contributed by atoms with Crippen molar-refractivity contribution in [2.24, 2.45) is 16.7 Å². The number of carbonyl (C=O) groups is 1. The first-order chi connectivity index (χ1) is 9.97. The van der Waals surface area contributed by atoms with Crippen molar-refractivity contribution in [3.05, 3.63) is 0 Å². The molecule has 5 fully saturated rings. The van der Waals surface area contributed by atoms with Crippen LogP contribution in [0.3, 0.4) is 0 Å². The van der Waals surface area contributed by atoms with Crippen LogP contribution < -0.4 is 0 Å². The highest BCUT2D eigenvalue weighted by atomic mass is 16.8. The van der Waals surface area contributed by atoms with Gasteiger partial charge in [0.15, 0.2) is 5.78 Å². The SMILES string of the molecule is C[C@@H]1CC(=O)[C@@]2(O)[C@@]13C[C@H]1O[C@](O)(OC[C@]2(C)[C@@]1(C)O)[C@@H]3O. The Hall–Kier alpha value is -0.570. The molecule has 3 saturated heterocycles. The van der Waals surface area contributed by atoms with Crippen LogP contribution in [0, 0.1) is 16.7 Å². The third-order valence-electron chi connectivity index (χ3n) is 7.23. The Morgan fingerprint density at radius 2 is 1.86 bits per heavy atom. The van der Waals surface area contributed by atoms with Crippen LogP contribution in [0.25, 0.3) is 0 Å². The molecule has 0 aromatic heterocycles. The average Bonchev–Trinajstić information content (AvgIpc) is 2.58. The zero-order valence-electron chi connectivity index (χ0n) is 12.9. The number of hydrogen-bond donors (Lipinski definition) is 4. The largest absolute Gasteiger partial charge is 0.387 e. The Morgan fingerprint density at radius 3 is 2.50 bits per heavy atom. The van der Waals surface area contributed by atoms with E-state index in [1.165, 1.54) is 6.92 Å². The van der Waals surface area contributed by atoms with Crippen LogP contribution in [0.15, 0.2) is 0 Å². The van der Waals surface area contributed by atoms with E-state index in [0.717, 1.165) is 0 Å². The Kier molecular flexibility index (Phi) is 2.44. The molecule has 1 spiro atoms. The zero-order valence-corrected chi connectivity index (χ0v) is 12.9. The molecule has 0 radical (unpaired) electrons. The van der Waals surface area contributed by atoms with Crippen molar-refractivity contribution in [3.63, 3.8) is 0 Å². The Labute approximate surface area is 127 Å². The lowest BCUT2D eigenvalue weighted by atomic mass is 9.44. The molecule has 22 heavy (non-hydrogen) atoms. The minimum Gasteiger partial charge on any atom is -0.387 e. The van der Waals surface area contributed by atoms with Gasteiger partial charge in [-0.15, -0.1) is 0 Å². The molecule has 5 rings (SSSR count). The third kappa shape index (κ3) is 1.10. The maximum Gasteiger partial charge on any atom is 0.309 e. The van der Waals surface area contributed by atoms with E-state index in [9.17, 15) is 25.2 Å². The van der Waals surface area contributed by atoms with Gasteiger partial charge in [0.2, 0.25) is 0 Å². The Morgan fingerprint density at radius 1 is 1.23 bits per heavy atom. The minimum atomic E-state index is -2.33. The minimum absolute atomic E-state index is 0.0853. The third-order valence-corrected chi connectivity index (χ3v) is 7.23. The van der Waals surface area contributed by atoms with Crippen LogP contribution in [0.4, 0.5) is 0 Å². The quantitative estimate of drug-likeness (QED) is 0.449. The summed E-state index contributed by atoms with van der Waals surface area (Å²) in [4.78, 5) is 12.7. The summed E-state index contributed by atoms with van der Waals surface area (Å²) in [6.45, 7) is 4.54. The number of rotatable bonds is 0. The van der Waals surface area contributed by atoms with Gasteiger partial charge in [0.05, 0.1) is 23.7 Å². The van der Waals surface area contributed by atoms with E-state index < -0.39 is 46.0 Å². The monoisotopic (exact) mass is 314 g/mol. The highest BCUT2D eigenvalue weighted by molar-refractivity contribution is 5.93. The molecule has 7 nitrogen and oxygen atoms in total. The number of ketones is 1. The van der Waals surface area contributed by atoms with Crippen molar-refractivity contribution in [2.45, 2.75) is 63.0 Å². The van der Waals surface area contributed by atoms with E-state index in [0.29, 0.717) is 0 Å². The van der Waals surface area contributed by atoms with Gasteiger partial charge in [0.1, 0.15) is 11.7 Å². The number of Topliss-reactive ketones (excluding diaryl/α,β-unsaturated/α-hetero) is 1. The summed E-state index contributed by atoms with van der Waals surface area (Å²) in [5.41, 5.74) is -6.26. The fourth-order valence-electron chi connectivity index (χ4n) is 5.56. The van der Waals surface area contributed by atoms with Crippen molar-refractivity contribution in [1.29, 1.82) is 0 Å². The first kappa shape index (κ1) is 15.0. The lowest BCUT2D eigenvalue weighted by Crippen LogP contribution is -2.81. The summed E-state index contributed by atoms with van der Waals surface area (Å²) >= 11 is 0. The standard InChI is InChI=1S/C15H22O7/c1-7-4-8(16)14(19)11(2)6-21-15(20)10(17)13(7,14)5-9(22-15)12(11,3)18/h7,9-10,17-20H,4-6H2,1-3H3/t7-,9-,10-,11-,12+,13+,14+,15-/m1/s1. The number of ether oxygens (including phenoxy) is 2. The van der Waals surface area contributed by atoms with Crippen molar-refractivity contribution in [2.75, 3.05) is 6.61 Å². The maximum absolute atomic E-state index is 12.7. The first-order valence-electron chi connectivity index (χ1n) is 7.67. The Balaban J connectivity index is 2.09. The highest BCUT2D eigenvalue weighted by Crippen LogP contribution is 2.72. The molecule has 0 aromatic carbocycles. The summed E-state index contributed by atoms with van der Waals surface area (Å²) < 4.78 is 10.8. The van der Waals surface area contributed by atoms with Crippen LogP contribution in [0.1, 0.15) is 33.6 Å². The molecular weight excluding hydrogens is 292 g/mol. The zero-order chi connectivity index (χ0) is 16.3. The van der Waals surface area contributed by atoms with E-state index in [-0.39, 0.29) is 25.4 Å². The van der Waals surface area contributed by atoms with Crippen LogP contribution in [0.5, 0.6) is 0 Å². The Bertz CT molecular complexity index is 576. The van der Waals surface area contributed by atoms with E-state index in [4.69, 9.17) is 9.47 Å². The molecule has 3 heterocycles. The second-order valence-electron chi connectivity index (χ2n) is 7.89. The maximum atomic E-state index is 12.7. The fraction of sp³-hybridized carbons (Fsp3) is 0.933. The molecule has 124 valence electrons. The molecule has 0 aromatic rings. The topological polar surface area (TPSA) is 116 Å². The second kappa shape index (κ2) is 3.58. The second-order valence-corrected chi connectivity index (χ2v) is 7.89. The molecular formula is C15H22O7. The normalized spacial score (nSPS) is 66.5. The first-order valence-corrected chi connectivity index (χ1v) is 7.67. The molecule has 0 amide bonds. The summed E-state index contributed by atoms with van der Waals surface area (Å²) in [6.07, 6.45) is -2.24. The predicted octanol–water partition coefficient (Wildman–Crippen LogP) is -1.09. The molecule has 2 aliphatic carbocycles. The summed E-state index contributed by atoms with van der Waals surface area (Å²) in [7, 11) is 0. The van der Waals surface area contributed by atoms with Gasteiger partial charge in [-0.2, -0.15) is 0 Å². The molecule has 3 aliphatic heterocycles. The van der Waals surface area contributed by atoms with Crippen molar-refractivity contribution in [3.8, 4) is 0 Å². The average molecular weight is 314 g/mol. The van der Waals surface area contributed by atoms with Gasteiger partial charge in [-0.3, -0.25) is 4.79 Å². The molecule has 4 N–H and O–H groups in total. The summed E-state index contributed by atoms with van der Waals surface area (Å²) in [5.74, 6) is -3.11. The van der Waals surface area contributed by atoms with Gasteiger partial charge in [0.25, 0.3) is 0 Å². The van der Waals surface area contributed by atoms with E-state index in [1.807, 2.05) is 0 Å². The number of carbonyl (C=O) groups excluding carboxylic acids is 1. The van der Waals surface area contributed by atoms with Gasteiger partial charge in [-0.1, -0.05) is 13.8 Å². The summed E-state index contributed by atoms with van der Waals surface area (Å²) in [6, 6.07) is 0. The van der Waals surface area contributed by atoms with Crippen molar-refractivity contribution < 1.29 is 34.7 Å². The van der Waals surface area contributed by atoms with E-state index in [1.54, 1.807) is 13.8 Å². The smallest absolute Gasteiger partial charge is 0.309 e. The van der Waals surface area contributed by atoms with Crippen LogP contribution in [-0.2, 0) is 14.3 Å². The molecule has 2 saturated carbocycles. The van der Waals surface area contributed by atoms with Gasteiger partial charge in [0, 0.05) is 11.8 Å². The van der Waals surface area contributed by atoms with E-state index >= 15 is 0 Å². The predicted molar refractivity (Wildman–Crippen MR) is 71.3 cm³/mol. The van der Waals surface area contributed by atoms with Crippen LogP contribution in [0.2, 0.25) is 0 Å². The van der Waals surface area contributed by atoms with Gasteiger partial charge < -0.3 is 29.9 Å². The van der Waals surface area contributed by atoms with Gasteiger partial charge in [-0.05, 0) is 19.3 Å². The molecule has 8 atom stereocenters. The lowest BCUT2D eigenvalue weighted by Gasteiger charge is -2.66. The highest BCUT2D eigenvalue weighted by Gasteiger charge is 2.86.